The predicted octanol–water partition coefficient (Wildman–Crippen LogP) is 3.81. The van der Waals surface area contributed by atoms with Crippen molar-refractivity contribution >= 4 is 23.4 Å². The zero-order valence-electron chi connectivity index (χ0n) is 15.3. The number of benzene rings is 2. The fourth-order valence-corrected chi connectivity index (χ4v) is 3.21. The molecule has 3 rings (SSSR count). The average Bonchev–Trinajstić information content (AvgIpc) is 3.15. The minimum Gasteiger partial charge on any atom is -0.494 e. The highest BCUT2D eigenvalue weighted by Gasteiger charge is 2.30. The van der Waals surface area contributed by atoms with Crippen molar-refractivity contribution in [2.45, 2.75) is 23.5 Å². The van der Waals surface area contributed by atoms with Gasteiger partial charge in [-0.1, -0.05) is 23.9 Å². The van der Waals surface area contributed by atoms with Crippen LogP contribution in [0.1, 0.15) is 12.5 Å². The summed E-state index contributed by atoms with van der Waals surface area (Å²) < 4.78 is 44.7. The van der Waals surface area contributed by atoms with Gasteiger partial charge in [0.25, 0.3) is 0 Å². The van der Waals surface area contributed by atoms with Gasteiger partial charge >= 0.3 is 6.18 Å². The second kappa shape index (κ2) is 8.52. The number of ether oxygens (including phenoxy) is 1. The first-order valence-electron chi connectivity index (χ1n) is 8.36. The molecule has 3 aromatic rings. The summed E-state index contributed by atoms with van der Waals surface area (Å²) in [7, 11) is 1.52. The van der Waals surface area contributed by atoms with Gasteiger partial charge in [-0.3, -0.25) is 4.79 Å². The third kappa shape index (κ3) is 4.86. The topological polar surface area (TPSA) is 81.9 Å². The van der Waals surface area contributed by atoms with Gasteiger partial charge in [-0.2, -0.15) is 17.9 Å². The fraction of sp³-hybridized carbons (Fsp3) is 0.222. The molecule has 1 atom stereocenters. The summed E-state index contributed by atoms with van der Waals surface area (Å²) in [5.41, 5.74) is 0.0894. The van der Waals surface area contributed by atoms with Crippen LogP contribution in [0.3, 0.4) is 0 Å². The van der Waals surface area contributed by atoms with E-state index < -0.39 is 22.9 Å². The van der Waals surface area contributed by atoms with Crippen LogP contribution in [0.25, 0.3) is 5.69 Å². The molecule has 29 heavy (non-hydrogen) atoms. The number of aromatic nitrogens is 4. The van der Waals surface area contributed by atoms with Gasteiger partial charge in [0.15, 0.2) is 0 Å². The van der Waals surface area contributed by atoms with Gasteiger partial charge in [-0.05, 0) is 53.7 Å². The molecule has 0 aliphatic heterocycles. The molecule has 0 radical (unpaired) electrons. The van der Waals surface area contributed by atoms with Crippen LogP contribution in [-0.4, -0.2) is 38.5 Å². The van der Waals surface area contributed by atoms with E-state index >= 15 is 0 Å². The monoisotopic (exact) mass is 423 g/mol. The quantitative estimate of drug-likeness (QED) is 0.608. The molecular formula is C18H16F3N5O2S. The van der Waals surface area contributed by atoms with Crippen molar-refractivity contribution in [1.82, 2.24) is 20.2 Å². The number of nitrogens with zero attached hydrogens (tertiary/aromatic N) is 4. The van der Waals surface area contributed by atoms with Crippen LogP contribution < -0.4 is 10.1 Å². The Balaban J connectivity index is 1.70. The Hall–Kier alpha value is -3.08. The van der Waals surface area contributed by atoms with Crippen LogP contribution >= 0.6 is 11.8 Å². The molecule has 152 valence electrons. The van der Waals surface area contributed by atoms with Crippen molar-refractivity contribution in [3.05, 3.63) is 54.1 Å². The molecule has 0 bridgehead atoms. The lowest BCUT2D eigenvalue weighted by molar-refractivity contribution is -0.137. The van der Waals surface area contributed by atoms with Crippen LogP contribution in [0.4, 0.5) is 18.9 Å². The molecule has 2 aromatic carbocycles. The lowest BCUT2D eigenvalue weighted by Crippen LogP contribution is -2.23. The standard InChI is InChI=1S/C18H16F3N5O2S/c1-11(16(27)22-13-9-7-12(8-10-13)18(19,20)21)29-17-23-24-25-26(17)14-5-3-4-6-15(14)28-2/h3-11H,1-2H3,(H,22,27). The van der Waals surface area contributed by atoms with E-state index in [9.17, 15) is 18.0 Å². The number of carbonyl (C=O) groups is 1. The van der Waals surface area contributed by atoms with E-state index in [2.05, 4.69) is 20.8 Å². The lowest BCUT2D eigenvalue weighted by Gasteiger charge is -2.13. The van der Waals surface area contributed by atoms with Crippen LogP contribution in [-0.2, 0) is 11.0 Å². The van der Waals surface area contributed by atoms with Gasteiger partial charge in [-0.25, -0.2) is 0 Å². The summed E-state index contributed by atoms with van der Waals surface area (Å²) in [6, 6.07) is 11.4. The third-order valence-corrected chi connectivity index (χ3v) is 4.92. The van der Waals surface area contributed by atoms with E-state index in [1.54, 1.807) is 31.2 Å². The molecule has 0 saturated carbocycles. The number of thioether (sulfide) groups is 1. The number of hydrogen-bond donors (Lipinski definition) is 1. The van der Waals surface area contributed by atoms with Crippen LogP contribution in [0.5, 0.6) is 5.75 Å². The highest BCUT2D eigenvalue weighted by atomic mass is 32.2. The highest BCUT2D eigenvalue weighted by molar-refractivity contribution is 8.00. The Labute approximate surface area is 168 Å². The maximum atomic E-state index is 12.6. The van der Waals surface area contributed by atoms with Crippen LogP contribution in [0.15, 0.2) is 53.7 Å². The molecule has 0 spiro atoms. The number of carbonyl (C=O) groups excluding carboxylic acids is 1. The Bertz CT molecular complexity index is 992. The maximum Gasteiger partial charge on any atom is 0.416 e. The van der Waals surface area contributed by atoms with Crippen molar-refractivity contribution in [3.63, 3.8) is 0 Å². The molecule has 7 nitrogen and oxygen atoms in total. The fourth-order valence-electron chi connectivity index (χ4n) is 2.41. The zero-order valence-corrected chi connectivity index (χ0v) is 16.2. The van der Waals surface area contributed by atoms with E-state index in [0.717, 1.165) is 23.9 Å². The number of para-hydroxylation sites is 2. The van der Waals surface area contributed by atoms with Gasteiger partial charge < -0.3 is 10.1 Å². The molecule has 0 saturated heterocycles. The first-order valence-corrected chi connectivity index (χ1v) is 9.24. The summed E-state index contributed by atoms with van der Waals surface area (Å²) in [6.07, 6.45) is -4.43. The summed E-state index contributed by atoms with van der Waals surface area (Å²) in [4.78, 5) is 12.4. The second-order valence-corrected chi connectivity index (χ2v) is 7.18. The number of hydrogen-bond acceptors (Lipinski definition) is 6. The van der Waals surface area contributed by atoms with Crippen LogP contribution in [0.2, 0.25) is 0 Å². The normalized spacial score (nSPS) is 12.4. The number of rotatable bonds is 6. The number of methoxy groups -OCH3 is 1. The molecule has 1 N–H and O–H groups in total. The molecule has 1 unspecified atom stereocenters. The molecule has 0 aliphatic rings. The first-order chi connectivity index (χ1) is 13.8. The molecule has 1 amide bonds. The SMILES string of the molecule is COc1ccccc1-n1nnnc1SC(C)C(=O)Nc1ccc(C(F)(F)F)cc1. The van der Waals surface area contributed by atoms with Crippen molar-refractivity contribution < 1.29 is 22.7 Å². The summed E-state index contributed by atoms with van der Waals surface area (Å²) in [6.45, 7) is 1.64. The maximum absolute atomic E-state index is 12.6. The van der Waals surface area contributed by atoms with Gasteiger partial charge in [0.2, 0.25) is 11.1 Å². The molecular weight excluding hydrogens is 407 g/mol. The van der Waals surface area contributed by atoms with E-state index in [0.29, 0.717) is 16.6 Å². The Morgan fingerprint density at radius 2 is 1.86 bits per heavy atom. The van der Waals surface area contributed by atoms with Gasteiger partial charge in [0.05, 0.1) is 17.9 Å². The lowest BCUT2D eigenvalue weighted by atomic mass is 10.2. The summed E-state index contributed by atoms with van der Waals surface area (Å²) >= 11 is 1.10. The zero-order chi connectivity index (χ0) is 21.0. The number of alkyl halides is 3. The number of tetrazole rings is 1. The predicted molar refractivity (Wildman–Crippen MR) is 101 cm³/mol. The van der Waals surface area contributed by atoms with Crippen molar-refractivity contribution in [2.24, 2.45) is 0 Å². The Morgan fingerprint density at radius 1 is 1.17 bits per heavy atom. The van der Waals surface area contributed by atoms with Crippen molar-refractivity contribution in [2.75, 3.05) is 12.4 Å². The van der Waals surface area contributed by atoms with E-state index in [-0.39, 0.29) is 5.69 Å². The summed E-state index contributed by atoms with van der Waals surface area (Å²) in [5, 5.41) is 13.9. The van der Waals surface area contributed by atoms with Crippen LogP contribution in [0, 0.1) is 0 Å². The van der Waals surface area contributed by atoms with Gasteiger partial charge in [-0.15, -0.1) is 5.10 Å². The van der Waals surface area contributed by atoms with Gasteiger partial charge in [0.1, 0.15) is 11.4 Å². The third-order valence-electron chi connectivity index (χ3n) is 3.89. The number of nitrogens with one attached hydrogen (secondary N) is 1. The van der Waals surface area contributed by atoms with Gasteiger partial charge in [0, 0.05) is 5.69 Å². The molecule has 1 aromatic heterocycles. The minimum atomic E-state index is -4.43. The van der Waals surface area contributed by atoms with Crippen molar-refractivity contribution in [1.29, 1.82) is 0 Å². The van der Waals surface area contributed by atoms with E-state index in [1.165, 1.54) is 23.9 Å². The first kappa shape index (κ1) is 20.6. The van der Waals surface area contributed by atoms with E-state index in [4.69, 9.17) is 4.74 Å². The molecule has 1 heterocycles. The average molecular weight is 423 g/mol. The number of amides is 1. The van der Waals surface area contributed by atoms with Crippen molar-refractivity contribution in [3.8, 4) is 11.4 Å². The summed E-state index contributed by atoms with van der Waals surface area (Å²) in [5.74, 6) is 0.160. The smallest absolute Gasteiger partial charge is 0.416 e. The number of anilines is 1. The Kier molecular flexibility index (Phi) is 6.06. The highest BCUT2D eigenvalue weighted by Crippen LogP contribution is 2.31. The Morgan fingerprint density at radius 3 is 2.52 bits per heavy atom. The second-order valence-electron chi connectivity index (χ2n) is 5.87. The van der Waals surface area contributed by atoms with E-state index in [1.807, 2.05) is 0 Å². The molecule has 0 aliphatic carbocycles. The number of halogens is 3. The molecule has 11 heteroatoms. The largest absolute Gasteiger partial charge is 0.494 e. The molecule has 0 fully saturated rings. The minimum absolute atomic E-state index is 0.264.